The van der Waals surface area contributed by atoms with E-state index in [1.165, 1.54) is 24.9 Å². The molecule has 1 unspecified atom stereocenters. The third-order valence-electron chi connectivity index (χ3n) is 5.08. The van der Waals surface area contributed by atoms with E-state index in [1.807, 2.05) is 12.1 Å². The van der Waals surface area contributed by atoms with Gasteiger partial charge in [-0.15, -0.1) is 4.99 Å². The lowest BCUT2D eigenvalue weighted by Gasteiger charge is -2.27. The minimum atomic E-state index is -0.850. The maximum atomic E-state index is 12.9. The van der Waals surface area contributed by atoms with Crippen molar-refractivity contribution in [3.05, 3.63) is 35.6 Å². The molecule has 0 bridgehead atoms. The fourth-order valence-corrected chi connectivity index (χ4v) is 3.44. The smallest absolute Gasteiger partial charge is 0.446 e. The van der Waals surface area contributed by atoms with Gasteiger partial charge in [-0.1, -0.05) is 6.07 Å². The molecule has 0 radical (unpaired) electrons. The lowest BCUT2D eigenvalue weighted by molar-refractivity contribution is -0.408. The number of carbonyl (C=O) groups is 3. The van der Waals surface area contributed by atoms with Gasteiger partial charge in [-0.2, -0.15) is 9.48 Å². The summed E-state index contributed by atoms with van der Waals surface area (Å²) in [4.78, 5) is 43.0. The number of carbonyl (C=O) groups excluding carboxylic acids is 3. The van der Waals surface area contributed by atoms with Crippen molar-refractivity contribution in [2.75, 3.05) is 41.5 Å². The van der Waals surface area contributed by atoms with Gasteiger partial charge in [0.25, 0.3) is 11.7 Å². The van der Waals surface area contributed by atoms with Crippen molar-refractivity contribution in [2.24, 2.45) is 10.9 Å². The van der Waals surface area contributed by atoms with Gasteiger partial charge >= 0.3 is 11.9 Å². The average molecular weight is 429 g/mol. The first kappa shape index (κ1) is 22.0. The number of hydrogen-bond acceptors (Lipinski definition) is 7. The van der Waals surface area contributed by atoms with E-state index in [-0.39, 0.29) is 5.84 Å². The Labute approximate surface area is 179 Å². The first-order chi connectivity index (χ1) is 14.9. The first-order valence-electron chi connectivity index (χ1n) is 9.63. The zero-order chi connectivity index (χ0) is 22.5. The molecule has 0 fully saturated rings. The van der Waals surface area contributed by atoms with Crippen LogP contribution in [-0.4, -0.2) is 80.8 Å². The maximum absolute atomic E-state index is 12.9. The van der Waals surface area contributed by atoms with E-state index >= 15 is 0 Å². The van der Waals surface area contributed by atoms with Gasteiger partial charge in [0.05, 0.1) is 28.4 Å². The van der Waals surface area contributed by atoms with E-state index in [1.54, 1.807) is 26.4 Å². The Balaban J connectivity index is 1.62. The predicted molar refractivity (Wildman–Crippen MR) is 112 cm³/mol. The largest absolute Gasteiger partial charge is 0.499 e. The lowest BCUT2D eigenvalue weighted by Crippen LogP contribution is -2.56. The van der Waals surface area contributed by atoms with Crippen molar-refractivity contribution in [1.29, 1.82) is 0 Å². The van der Waals surface area contributed by atoms with Gasteiger partial charge < -0.3 is 19.5 Å². The maximum Gasteiger partial charge on any atom is 0.446 e. The van der Waals surface area contributed by atoms with Crippen LogP contribution in [0.3, 0.4) is 0 Å². The van der Waals surface area contributed by atoms with Crippen LogP contribution in [0.4, 0.5) is 4.79 Å². The molecule has 2 aliphatic heterocycles. The number of methoxy groups -OCH3 is 3. The second-order valence-electron chi connectivity index (χ2n) is 6.90. The second-order valence-corrected chi connectivity index (χ2v) is 6.90. The molecule has 31 heavy (non-hydrogen) atoms. The van der Waals surface area contributed by atoms with E-state index < -0.39 is 30.3 Å². The van der Waals surface area contributed by atoms with Crippen molar-refractivity contribution in [2.45, 2.75) is 6.42 Å². The quantitative estimate of drug-likeness (QED) is 0.606. The second kappa shape index (κ2) is 9.41. The molecule has 10 heteroatoms. The summed E-state index contributed by atoms with van der Waals surface area (Å²) in [7, 11) is 6.06. The van der Waals surface area contributed by atoms with Crippen molar-refractivity contribution >= 4 is 29.9 Å². The zero-order valence-electron chi connectivity index (χ0n) is 17.9. The third-order valence-corrected chi connectivity index (χ3v) is 5.08. The number of imide groups is 1. The van der Waals surface area contributed by atoms with E-state index in [0.29, 0.717) is 30.2 Å². The summed E-state index contributed by atoms with van der Waals surface area (Å²) in [6.45, 7) is -0.0624. The molecule has 1 aromatic carbocycles. The van der Waals surface area contributed by atoms with Crippen LogP contribution in [0, 0.1) is 5.92 Å². The molecule has 1 aromatic rings. The van der Waals surface area contributed by atoms with Crippen molar-refractivity contribution in [3.8, 4) is 11.5 Å². The average Bonchev–Trinajstić information content (AvgIpc) is 2.79. The first-order valence-corrected chi connectivity index (χ1v) is 9.63. The Bertz CT molecular complexity index is 998. The van der Waals surface area contributed by atoms with E-state index in [9.17, 15) is 14.4 Å². The highest BCUT2D eigenvalue weighted by molar-refractivity contribution is 6.16. The van der Waals surface area contributed by atoms with Crippen LogP contribution in [0.25, 0.3) is 0 Å². The Hall–Kier alpha value is -3.69. The van der Waals surface area contributed by atoms with Crippen LogP contribution in [0.15, 0.2) is 35.0 Å². The molecule has 4 amide bonds. The highest BCUT2D eigenvalue weighted by Gasteiger charge is 2.49. The number of dihydropyridines is 1. The summed E-state index contributed by atoms with van der Waals surface area (Å²) < 4.78 is 17.0. The monoisotopic (exact) mass is 429 g/mol. The Morgan fingerprint density at radius 2 is 1.90 bits per heavy atom. The number of fused-ring (bicyclic) bond motifs is 1. The van der Waals surface area contributed by atoms with Gasteiger partial charge in [0.15, 0.2) is 24.0 Å². The van der Waals surface area contributed by atoms with Crippen molar-refractivity contribution < 1.29 is 33.2 Å². The van der Waals surface area contributed by atoms with Gasteiger partial charge in [0.2, 0.25) is 0 Å². The molecule has 1 atom stereocenters. The number of rotatable bonds is 8. The minimum absolute atomic E-state index is 0.277. The normalized spacial score (nSPS) is 17.9. The standard InChI is InChI=1S/C21H24N4O6/c1-24-19-18(15(30-3)8-10-23-19)20(27)25(21(24)28)12-17(26)22-9-7-13-5-6-14(29-2)16(11-13)31-4/h5-6,8,10-11,18H,7,9,12H2,1-4H3/p+1. The van der Waals surface area contributed by atoms with E-state index in [2.05, 4.69) is 10.3 Å². The summed E-state index contributed by atoms with van der Waals surface area (Å²) in [5.41, 5.74) is 0.942. The summed E-state index contributed by atoms with van der Waals surface area (Å²) in [6, 6.07) is 4.89. The van der Waals surface area contributed by atoms with Gasteiger partial charge in [0.1, 0.15) is 12.0 Å². The fourth-order valence-electron chi connectivity index (χ4n) is 3.44. The SMILES string of the molecule is COC1=CC=NC2=[N+](C)C(=O)N(CC(=O)NCCc3ccc(OC)c(OC)c3)C(=O)C12. The van der Waals surface area contributed by atoms with Crippen LogP contribution in [0.2, 0.25) is 0 Å². The number of ether oxygens (including phenoxy) is 3. The van der Waals surface area contributed by atoms with Crippen LogP contribution < -0.4 is 14.8 Å². The number of nitrogens with one attached hydrogen (secondary N) is 1. The van der Waals surface area contributed by atoms with E-state index in [0.717, 1.165) is 10.5 Å². The molecule has 0 saturated heterocycles. The van der Waals surface area contributed by atoms with E-state index in [4.69, 9.17) is 14.2 Å². The third kappa shape index (κ3) is 4.42. The van der Waals surface area contributed by atoms with Crippen LogP contribution in [0.5, 0.6) is 11.5 Å². The lowest BCUT2D eigenvalue weighted by atomic mass is 9.99. The highest BCUT2D eigenvalue weighted by Crippen LogP contribution is 2.27. The number of nitrogens with zero attached hydrogens (tertiary/aromatic N) is 3. The van der Waals surface area contributed by atoms with Crippen LogP contribution in [-0.2, 0) is 20.7 Å². The van der Waals surface area contributed by atoms with Crippen molar-refractivity contribution in [1.82, 2.24) is 10.2 Å². The van der Waals surface area contributed by atoms with Gasteiger partial charge in [-0.25, -0.2) is 4.79 Å². The number of hydrogen-bond donors (Lipinski definition) is 1. The molecule has 3 rings (SSSR count). The molecule has 164 valence electrons. The van der Waals surface area contributed by atoms with Crippen LogP contribution >= 0.6 is 0 Å². The molecule has 0 saturated carbocycles. The number of urea groups is 1. The Morgan fingerprint density at radius 1 is 1.16 bits per heavy atom. The summed E-state index contributed by atoms with van der Waals surface area (Å²) in [5, 5.41) is 2.74. The van der Waals surface area contributed by atoms with Gasteiger partial charge in [0, 0.05) is 12.6 Å². The summed E-state index contributed by atoms with van der Waals surface area (Å²) in [5.74, 6) is 0.0293. The summed E-state index contributed by atoms with van der Waals surface area (Å²) >= 11 is 0. The molecular weight excluding hydrogens is 404 g/mol. The number of benzene rings is 1. The molecule has 2 aliphatic rings. The zero-order valence-corrected chi connectivity index (χ0v) is 17.9. The highest BCUT2D eigenvalue weighted by atomic mass is 16.5. The van der Waals surface area contributed by atoms with Crippen LogP contribution in [0.1, 0.15) is 5.56 Å². The number of amides is 4. The van der Waals surface area contributed by atoms with Crippen molar-refractivity contribution in [3.63, 3.8) is 0 Å². The van der Waals surface area contributed by atoms with Gasteiger partial charge in [-0.3, -0.25) is 9.59 Å². The Kier molecular flexibility index (Phi) is 6.68. The number of aliphatic imine (C=N–C) groups is 1. The molecule has 2 heterocycles. The van der Waals surface area contributed by atoms with Gasteiger partial charge in [-0.05, 0) is 24.1 Å². The molecule has 0 aliphatic carbocycles. The Morgan fingerprint density at radius 3 is 2.58 bits per heavy atom. The molecule has 0 aromatic heterocycles. The predicted octanol–water partition coefficient (Wildman–Crippen LogP) is 0.596. The molecule has 0 spiro atoms. The number of allylic oxidation sites excluding steroid dienone is 1. The molecule has 1 N–H and O–H groups in total. The topological polar surface area (TPSA) is 110 Å². The summed E-state index contributed by atoms with van der Waals surface area (Å²) in [6.07, 6.45) is 3.58. The molecular formula is C21H25N4O6+. The minimum Gasteiger partial charge on any atom is -0.499 e. The number of amidine groups is 1. The molecule has 10 nitrogen and oxygen atoms in total. The fraction of sp³-hybridized carbons (Fsp3) is 0.381.